The maximum absolute atomic E-state index is 12.2. The standard InChI is InChI=1S/C10H15N5O12P2/c11-9-13-6-3(7(18)14-9)12-10(19)15(6)8-5(17)4(16)2(26-8)1-25-29(23,24)27-28(20,21)22/h2,4-5,8,16-17H,1H2,(H,12,19)(H,23,24)(H2,20,21,22)(H3,11,13,14,18)/t2-,4-,5-,8-/m1/s1. The molecule has 17 nitrogen and oxygen atoms in total. The summed E-state index contributed by atoms with van der Waals surface area (Å²) in [6.45, 7) is -0.963. The minimum absolute atomic E-state index is 0.288. The summed E-state index contributed by atoms with van der Waals surface area (Å²) >= 11 is 0. The van der Waals surface area contributed by atoms with Crippen LogP contribution in [0.2, 0.25) is 0 Å². The largest absolute Gasteiger partial charge is 0.481 e. The van der Waals surface area contributed by atoms with Crippen molar-refractivity contribution < 1.29 is 47.6 Å². The van der Waals surface area contributed by atoms with Crippen LogP contribution in [0.15, 0.2) is 9.59 Å². The molecule has 0 saturated carbocycles. The lowest BCUT2D eigenvalue weighted by atomic mass is 10.1. The second kappa shape index (κ2) is 7.41. The smallest absolute Gasteiger partial charge is 0.387 e. The van der Waals surface area contributed by atoms with Crippen LogP contribution in [-0.4, -0.2) is 69.3 Å². The summed E-state index contributed by atoms with van der Waals surface area (Å²) in [6.07, 6.45) is -6.71. The molecule has 0 spiro atoms. The number of hydrogen-bond donors (Lipinski definition) is 8. The molecule has 1 unspecified atom stereocenters. The van der Waals surface area contributed by atoms with E-state index in [2.05, 4.69) is 23.8 Å². The van der Waals surface area contributed by atoms with Gasteiger partial charge in [-0.3, -0.25) is 19.3 Å². The third kappa shape index (κ3) is 4.49. The van der Waals surface area contributed by atoms with E-state index >= 15 is 0 Å². The summed E-state index contributed by atoms with van der Waals surface area (Å²) in [4.78, 5) is 58.5. The normalized spacial score (nSPS) is 27.3. The summed E-state index contributed by atoms with van der Waals surface area (Å²) in [6, 6.07) is 0. The van der Waals surface area contributed by atoms with Crippen molar-refractivity contribution in [1.82, 2.24) is 19.5 Å². The van der Waals surface area contributed by atoms with Crippen molar-refractivity contribution in [3.63, 3.8) is 0 Å². The Morgan fingerprint density at radius 2 is 1.83 bits per heavy atom. The third-order valence-corrected chi connectivity index (χ3v) is 5.95. The molecule has 2 aromatic rings. The van der Waals surface area contributed by atoms with Crippen molar-refractivity contribution in [3.8, 4) is 0 Å². The van der Waals surface area contributed by atoms with E-state index < -0.39 is 58.0 Å². The first-order valence-electron chi connectivity index (χ1n) is 7.55. The molecule has 5 atom stereocenters. The van der Waals surface area contributed by atoms with Gasteiger partial charge in [-0.25, -0.2) is 18.5 Å². The minimum Gasteiger partial charge on any atom is -0.387 e. The number of fused-ring (bicyclic) bond motifs is 1. The van der Waals surface area contributed by atoms with E-state index in [1.807, 2.05) is 0 Å². The lowest BCUT2D eigenvalue weighted by Gasteiger charge is -2.17. The zero-order valence-corrected chi connectivity index (χ0v) is 15.8. The van der Waals surface area contributed by atoms with Crippen LogP contribution < -0.4 is 17.0 Å². The lowest BCUT2D eigenvalue weighted by Crippen LogP contribution is -2.35. The van der Waals surface area contributed by atoms with Crippen LogP contribution in [0.1, 0.15) is 6.23 Å². The molecule has 0 aliphatic carbocycles. The molecule has 9 N–H and O–H groups in total. The number of nitrogen functional groups attached to an aromatic ring is 1. The Kier molecular flexibility index (Phi) is 5.57. The number of aliphatic hydroxyl groups is 2. The maximum Gasteiger partial charge on any atom is 0.481 e. The second-order valence-corrected chi connectivity index (χ2v) is 8.66. The number of ether oxygens (including phenoxy) is 1. The summed E-state index contributed by atoms with van der Waals surface area (Å²) < 4.78 is 36.0. The Hall–Kier alpha value is -1.91. The van der Waals surface area contributed by atoms with E-state index in [1.165, 1.54) is 0 Å². The molecule has 2 aromatic heterocycles. The topological polar surface area (TPSA) is 273 Å². The van der Waals surface area contributed by atoms with Crippen LogP contribution in [0.5, 0.6) is 0 Å². The molecule has 29 heavy (non-hydrogen) atoms. The number of imidazole rings is 1. The highest BCUT2D eigenvalue weighted by atomic mass is 31.3. The van der Waals surface area contributed by atoms with Crippen LogP contribution in [0.4, 0.5) is 5.95 Å². The number of phosphoric acid groups is 2. The van der Waals surface area contributed by atoms with Gasteiger partial charge in [-0.15, -0.1) is 0 Å². The van der Waals surface area contributed by atoms with E-state index in [9.17, 15) is 33.8 Å². The van der Waals surface area contributed by atoms with Gasteiger partial charge in [-0.2, -0.15) is 9.29 Å². The number of nitrogens with one attached hydrogen (secondary N) is 2. The lowest BCUT2D eigenvalue weighted by molar-refractivity contribution is -0.0517. The zero-order valence-electron chi connectivity index (χ0n) is 14.0. The summed E-state index contributed by atoms with van der Waals surface area (Å²) in [7, 11) is -10.6. The van der Waals surface area contributed by atoms with Gasteiger partial charge in [0.2, 0.25) is 5.95 Å². The molecule has 3 rings (SSSR count). The average Bonchev–Trinajstić information content (AvgIpc) is 3.01. The van der Waals surface area contributed by atoms with Gasteiger partial charge >= 0.3 is 21.3 Å². The van der Waals surface area contributed by atoms with Gasteiger partial charge in [0.05, 0.1) is 6.61 Å². The SMILES string of the molecule is Nc1nc2c([nH]c(=O)n2[C@@H]2O[C@H](COP(=O)(O)OP(=O)(O)O)[C@@H](O)[C@H]2O)c(=O)[nH]1. The molecular formula is C10H15N5O12P2. The first-order chi connectivity index (χ1) is 13.3. The molecule has 19 heteroatoms. The fourth-order valence-corrected chi connectivity index (χ4v) is 4.27. The van der Waals surface area contributed by atoms with Crippen LogP contribution in [0.3, 0.4) is 0 Å². The van der Waals surface area contributed by atoms with Crippen molar-refractivity contribution >= 4 is 32.8 Å². The first kappa shape index (κ1) is 21.8. The predicted molar refractivity (Wildman–Crippen MR) is 90.2 cm³/mol. The molecule has 1 aliphatic heterocycles. The quantitative estimate of drug-likeness (QED) is 0.198. The minimum atomic E-state index is -5.36. The van der Waals surface area contributed by atoms with E-state index in [0.29, 0.717) is 4.57 Å². The van der Waals surface area contributed by atoms with Gasteiger partial charge in [0.1, 0.15) is 18.3 Å². The average molecular weight is 459 g/mol. The number of rotatable bonds is 6. The Morgan fingerprint density at radius 1 is 1.17 bits per heavy atom. The van der Waals surface area contributed by atoms with Crippen LogP contribution >= 0.6 is 15.6 Å². The number of H-pyrrole nitrogens is 2. The number of phosphoric ester groups is 1. The monoisotopic (exact) mass is 459 g/mol. The van der Waals surface area contributed by atoms with Crippen molar-refractivity contribution in [2.45, 2.75) is 24.5 Å². The summed E-state index contributed by atoms with van der Waals surface area (Å²) in [5.41, 5.74) is 3.11. The summed E-state index contributed by atoms with van der Waals surface area (Å²) in [5, 5.41) is 20.3. The molecule has 3 heterocycles. The van der Waals surface area contributed by atoms with Crippen LogP contribution in [0.25, 0.3) is 11.2 Å². The summed E-state index contributed by atoms with van der Waals surface area (Å²) in [5.74, 6) is -0.348. The van der Waals surface area contributed by atoms with Gasteiger partial charge in [0, 0.05) is 0 Å². The number of aliphatic hydroxyl groups excluding tert-OH is 2. The third-order valence-electron chi connectivity index (χ3n) is 3.80. The molecule has 1 saturated heterocycles. The number of aromatic amines is 2. The van der Waals surface area contributed by atoms with E-state index in [-0.39, 0.29) is 17.1 Å². The predicted octanol–water partition coefficient (Wildman–Crippen LogP) is -3.16. The highest BCUT2D eigenvalue weighted by Crippen LogP contribution is 2.57. The number of nitrogens with two attached hydrogens (primary N) is 1. The molecule has 1 fully saturated rings. The van der Waals surface area contributed by atoms with Crippen molar-refractivity contribution in [3.05, 3.63) is 20.8 Å². The fourth-order valence-electron chi connectivity index (χ4n) is 2.67. The maximum atomic E-state index is 12.2. The first-order valence-corrected chi connectivity index (χ1v) is 10.6. The van der Waals surface area contributed by atoms with Crippen molar-refractivity contribution in [2.75, 3.05) is 12.3 Å². The van der Waals surface area contributed by atoms with Gasteiger partial charge in [0.25, 0.3) is 5.56 Å². The van der Waals surface area contributed by atoms with Gasteiger partial charge < -0.3 is 35.4 Å². The number of hydrogen-bond acceptors (Lipinski definition) is 11. The Bertz CT molecular complexity index is 1130. The highest BCUT2D eigenvalue weighted by molar-refractivity contribution is 7.60. The Labute approximate surface area is 158 Å². The molecule has 0 bridgehead atoms. The number of anilines is 1. The van der Waals surface area contributed by atoms with E-state index in [4.69, 9.17) is 20.3 Å². The molecule has 1 aliphatic rings. The Balaban J connectivity index is 1.86. The number of aromatic nitrogens is 4. The van der Waals surface area contributed by atoms with Crippen molar-refractivity contribution in [1.29, 1.82) is 0 Å². The van der Waals surface area contributed by atoms with Crippen LogP contribution in [-0.2, 0) is 22.7 Å². The van der Waals surface area contributed by atoms with Gasteiger partial charge in [-0.1, -0.05) is 0 Å². The van der Waals surface area contributed by atoms with Crippen molar-refractivity contribution in [2.24, 2.45) is 0 Å². The van der Waals surface area contributed by atoms with Gasteiger partial charge in [0.15, 0.2) is 17.4 Å². The Morgan fingerprint density at radius 3 is 2.45 bits per heavy atom. The molecular weight excluding hydrogens is 444 g/mol. The highest BCUT2D eigenvalue weighted by Gasteiger charge is 2.46. The zero-order chi connectivity index (χ0) is 21.7. The number of nitrogens with zero attached hydrogens (tertiary/aromatic N) is 2. The molecule has 0 amide bonds. The molecule has 0 aromatic carbocycles. The van der Waals surface area contributed by atoms with E-state index in [1.54, 1.807) is 0 Å². The van der Waals surface area contributed by atoms with Gasteiger partial charge in [-0.05, 0) is 0 Å². The second-order valence-electron chi connectivity index (χ2n) is 5.83. The van der Waals surface area contributed by atoms with E-state index in [0.717, 1.165) is 0 Å². The van der Waals surface area contributed by atoms with Crippen LogP contribution in [0, 0.1) is 0 Å². The molecule has 0 radical (unpaired) electrons. The fraction of sp³-hybridized carbons (Fsp3) is 0.500. The molecule has 162 valence electrons.